The van der Waals surface area contributed by atoms with Gasteiger partial charge in [-0.15, -0.1) is 0 Å². The lowest BCUT2D eigenvalue weighted by Crippen LogP contribution is -2.05. The Labute approximate surface area is 145 Å². The van der Waals surface area contributed by atoms with Gasteiger partial charge >= 0.3 is 0 Å². The van der Waals surface area contributed by atoms with Crippen molar-refractivity contribution in [2.24, 2.45) is 0 Å². The summed E-state index contributed by atoms with van der Waals surface area (Å²) in [7, 11) is 0. The molecule has 0 radical (unpaired) electrons. The van der Waals surface area contributed by atoms with Crippen LogP contribution in [0.15, 0.2) is 48.5 Å². The number of hydrogen-bond acceptors (Lipinski definition) is 4. The fourth-order valence-electron chi connectivity index (χ4n) is 2.50. The maximum absolute atomic E-state index is 13.8. The SMILES string of the molecule is CCc1ccccc1Nc1nc(C)cc(Nc2c(F)cccc2F)n1. The molecule has 2 aromatic carbocycles. The molecule has 0 fully saturated rings. The summed E-state index contributed by atoms with van der Waals surface area (Å²) >= 11 is 0. The zero-order valence-electron chi connectivity index (χ0n) is 14.0. The lowest BCUT2D eigenvalue weighted by Gasteiger charge is -2.12. The number of nitrogens with one attached hydrogen (secondary N) is 2. The smallest absolute Gasteiger partial charge is 0.229 e. The molecule has 25 heavy (non-hydrogen) atoms. The molecular weight excluding hydrogens is 322 g/mol. The summed E-state index contributed by atoms with van der Waals surface area (Å²) in [6.07, 6.45) is 0.862. The highest BCUT2D eigenvalue weighted by Crippen LogP contribution is 2.24. The fourth-order valence-corrected chi connectivity index (χ4v) is 2.50. The summed E-state index contributed by atoms with van der Waals surface area (Å²) in [5, 5.41) is 5.86. The first-order valence-corrected chi connectivity index (χ1v) is 7.98. The van der Waals surface area contributed by atoms with E-state index in [1.807, 2.05) is 24.3 Å². The van der Waals surface area contributed by atoms with E-state index < -0.39 is 11.6 Å². The summed E-state index contributed by atoms with van der Waals surface area (Å²) in [6, 6.07) is 13.2. The minimum atomic E-state index is -0.679. The summed E-state index contributed by atoms with van der Waals surface area (Å²) in [6.45, 7) is 3.85. The number of para-hydroxylation sites is 2. The summed E-state index contributed by atoms with van der Waals surface area (Å²) in [5.41, 5.74) is 2.46. The van der Waals surface area contributed by atoms with Crippen LogP contribution in [0.2, 0.25) is 0 Å². The number of anilines is 4. The molecule has 0 aliphatic heterocycles. The minimum absolute atomic E-state index is 0.236. The van der Waals surface area contributed by atoms with Crippen LogP contribution in [0.25, 0.3) is 0 Å². The Kier molecular flexibility index (Phi) is 4.88. The van der Waals surface area contributed by atoms with Crippen molar-refractivity contribution < 1.29 is 8.78 Å². The molecular formula is C19H18F2N4. The molecule has 0 saturated heterocycles. The Morgan fingerprint density at radius 1 is 0.920 bits per heavy atom. The molecule has 0 aliphatic rings. The molecule has 128 valence electrons. The first-order chi connectivity index (χ1) is 12.1. The molecule has 0 aliphatic carbocycles. The molecule has 6 heteroatoms. The predicted octanol–water partition coefficient (Wildman–Crippen LogP) is 5.11. The van der Waals surface area contributed by atoms with Gasteiger partial charge in [-0.05, 0) is 37.1 Å². The van der Waals surface area contributed by atoms with Crippen molar-refractivity contribution in [2.45, 2.75) is 20.3 Å². The number of rotatable bonds is 5. The third-order valence-corrected chi connectivity index (χ3v) is 3.71. The monoisotopic (exact) mass is 340 g/mol. The molecule has 0 amide bonds. The van der Waals surface area contributed by atoms with Gasteiger partial charge in [0.05, 0.1) is 0 Å². The van der Waals surface area contributed by atoms with Crippen molar-refractivity contribution in [3.05, 3.63) is 71.4 Å². The average molecular weight is 340 g/mol. The number of hydrogen-bond donors (Lipinski definition) is 2. The van der Waals surface area contributed by atoms with Crippen molar-refractivity contribution in [2.75, 3.05) is 10.6 Å². The van der Waals surface area contributed by atoms with Gasteiger partial charge in [-0.1, -0.05) is 31.2 Å². The van der Waals surface area contributed by atoms with E-state index in [1.54, 1.807) is 13.0 Å². The van der Waals surface area contributed by atoms with Crippen LogP contribution >= 0.6 is 0 Å². The van der Waals surface area contributed by atoms with Gasteiger partial charge in [0.2, 0.25) is 5.95 Å². The molecule has 0 unspecified atom stereocenters. The Bertz CT molecular complexity index is 876. The molecule has 3 aromatic rings. The highest BCUT2D eigenvalue weighted by Gasteiger charge is 2.11. The standard InChI is InChI=1S/C19H18F2N4/c1-3-13-7-4-5-10-16(13)23-19-22-12(2)11-17(25-19)24-18-14(20)8-6-9-15(18)21/h4-11H,3H2,1-2H3,(H2,22,23,24,25). The minimum Gasteiger partial charge on any atom is -0.335 e. The molecule has 2 N–H and O–H groups in total. The van der Waals surface area contributed by atoms with Gasteiger partial charge in [-0.2, -0.15) is 4.98 Å². The van der Waals surface area contributed by atoms with E-state index in [0.29, 0.717) is 17.5 Å². The zero-order chi connectivity index (χ0) is 17.8. The second kappa shape index (κ2) is 7.25. The lowest BCUT2D eigenvalue weighted by molar-refractivity contribution is 0.590. The molecule has 3 rings (SSSR count). The van der Waals surface area contributed by atoms with Crippen LogP contribution in [-0.4, -0.2) is 9.97 Å². The predicted molar refractivity (Wildman–Crippen MR) is 95.5 cm³/mol. The van der Waals surface area contributed by atoms with Gasteiger partial charge in [-0.25, -0.2) is 13.8 Å². The van der Waals surface area contributed by atoms with Crippen LogP contribution in [0.4, 0.5) is 31.9 Å². The topological polar surface area (TPSA) is 49.8 Å². The maximum Gasteiger partial charge on any atom is 0.229 e. The van der Waals surface area contributed by atoms with E-state index in [9.17, 15) is 8.78 Å². The molecule has 0 bridgehead atoms. The second-order valence-corrected chi connectivity index (χ2v) is 5.58. The van der Waals surface area contributed by atoms with E-state index in [1.165, 1.54) is 18.2 Å². The molecule has 1 heterocycles. The van der Waals surface area contributed by atoms with Crippen LogP contribution in [0, 0.1) is 18.6 Å². The zero-order valence-corrected chi connectivity index (χ0v) is 14.0. The van der Waals surface area contributed by atoms with E-state index in [4.69, 9.17) is 0 Å². The van der Waals surface area contributed by atoms with Crippen molar-refractivity contribution in [1.29, 1.82) is 0 Å². The third kappa shape index (κ3) is 3.91. The average Bonchev–Trinajstić information content (AvgIpc) is 2.58. The highest BCUT2D eigenvalue weighted by molar-refractivity contribution is 5.62. The summed E-state index contributed by atoms with van der Waals surface area (Å²) in [5.74, 6) is -0.683. The van der Waals surface area contributed by atoms with Crippen LogP contribution < -0.4 is 10.6 Å². The van der Waals surface area contributed by atoms with E-state index in [-0.39, 0.29) is 5.69 Å². The Hall–Kier alpha value is -3.02. The molecule has 0 saturated carbocycles. The third-order valence-electron chi connectivity index (χ3n) is 3.71. The molecule has 0 spiro atoms. The van der Waals surface area contributed by atoms with Gasteiger partial charge in [0.15, 0.2) is 0 Å². The first kappa shape index (κ1) is 16.8. The van der Waals surface area contributed by atoms with E-state index in [0.717, 1.165) is 17.7 Å². The fraction of sp³-hybridized carbons (Fsp3) is 0.158. The van der Waals surface area contributed by atoms with Gasteiger partial charge in [0, 0.05) is 17.4 Å². The van der Waals surface area contributed by atoms with Crippen LogP contribution in [0.5, 0.6) is 0 Å². The first-order valence-electron chi connectivity index (χ1n) is 7.98. The molecule has 1 aromatic heterocycles. The Morgan fingerprint density at radius 2 is 1.64 bits per heavy atom. The lowest BCUT2D eigenvalue weighted by atomic mass is 10.1. The summed E-state index contributed by atoms with van der Waals surface area (Å²) in [4.78, 5) is 8.66. The van der Waals surface area contributed by atoms with Crippen molar-refractivity contribution in [3.8, 4) is 0 Å². The maximum atomic E-state index is 13.8. The number of halogens is 2. The highest BCUT2D eigenvalue weighted by atomic mass is 19.1. The number of nitrogens with zero attached hydrogens (tertiary/aromatic N) is 2. The largest absolute Gasteiger partial charge is 0.335 e. The normalized spacial score (nSPS) is 10.6. The number of benzene rings is 2. The quantitative estimate of drug-likeness (QED) is 0.677. The Balaban J connectivity index is 1.91. The molecule has 0 atom stereocenters. The second-order valence-electron chi connectivity index (χ2n) is 5.58. The van der Waals surface area contributed by atoms with Crippen molar-refractivity contribution in [3.63, 3.8) is 0 Å². The van der Waals surface area contributed by atoms with Crippen molar-refractivity contribution in [1.82, 2.24) is 9.97 Å². The van der Waals surface area contributed by atoms with E-state index >= 15 is 0 Å². The van der Waals surface area contributed by atoms with Crippen molar-refractivity contribution >= 4 is 23.1 Å². The van der Waals surface area contributed by atoms with Crippen LogP contribution in [0.3, 0.4) is 0 Å². The van der Waals surface area contributed by atoms with Crippen LogP contribution in [-0.2, 0) is 6.42 Å². The van der Waals surface area contributed by atoms with Gasteiger partial charge in [0.25, 0.3) is 0 Å². The van der Waals surface area contributed by atoms with Gasteiger partial charge in [0.1, 0.15) is 23.1 Å². The number of aryl methyl sites for hydroxylation is 2. The van der Waals surface area contributed by atoms with Crippen LogP contribution in [0.1, 0.15) is 18.2 Å². The summed E-state index contributed by atoms with van der Waals surface area (Å²) < 4.78 is 27.6. The van der Waals surface area contributed by atoms with Gasteiger partial charge in [-0.3, -0.25) is 0 Å². The molecule has 4 nitrogen and oxygen atoms in total. The van der Waals surface area contributed by atoms with Gasteiger partial charge < -0.3 is 10.6 Å². The Morgan fingerprint density at radius 3 is 2.36 bits per heavy atom. The number of aromatic nitrogens is 2. The van der Waals surface area contributed by atoms with E-state index in [2.05, 4.69) is 27.5 Å².